The van der Waals surface area contributed by atoms with Crippen LogP contribution < -0.4 is 10.6 Å². The number of ether oxygens (including phenoxy) is 1. The Labute approximate surface area is 141 Å². The van der Waals surface area contributed by atoms with Crippen molar-refractivity contribution in [3.63, 3.8) is 0 Å². The van der Waals surface area contributed by atoms with Crippen LogP contribution in [-0.2, 0) is 24.3 Å². The van der Waals surface area contributed by atoms with E-state index in [9.17, 15) is 18.0 Å². The monoisotopic (exact) mass is 355 g/mol. The number of amides is 2. The molecule has 0 bridgehead atoms. The van der Waals surface area contributed by atoms with Crippen molar-refractivity contribution in [2.75, 3.05) is 42.7 Å². The number of carbonyl (C=O) groups excluding carboxylic acids is 2. The van der Waals surface area contributed by atoms with Gasteiger partial charge in [-0.1, -0.05) is 0 Å². The molecule has 0 atom stereocenters. The van der Waals surface area contributed by atoms with E-state index >= 15 is 0 Å². The summed E-state index contributed by atoms with van der Waals surface area (Å²) in [6, 6.07) is 6.59. The van der Waals surface area contributed by atoms with Gasteiger partial charge >= 0.3 is 0 Å². The lowest BCUT2D eigenvalue weighted by Gasteiger charge is -2.25. The van der Waals surface area contributed by atoms with Crippen molar-refractivity contribution in [2.45, 2.75) is 13.3 Å². The summed E-state index contributed by atoms with van der Waals surface area (Å²) in [7, 11) is -3.45. The molecular formula is C15H21N3O5S. The highest BCUT2D eigenvalue weighted by Crippen LogP contribution is 2.14. The third-order valence-electron chi connectivity index (χ3n) is 3.44. The van der Waals surface area contributed by atoms with E-state index in [1.165, 1.54) is 11.2 Å². The zero-order chi connectivity index (χ0) is 17.6. The van der Waals surface area contributed by atoms with E-state index in [1.54, 1.807) is 24.3 Å². The molecule has 1 aromatic carbocycles. The van der Waals surface area contributed by atoms with E-state index in [4.69, 9.17) is 4.74 Å². The zero-order valence-corrected chi connectivity index (χ0v) is 14.3. The molecule has 1 saturated heterocycles. The van der Waals surface area contributed by atoms with Gasteiger partial charge in [-0.05, 0) is 24.3 Å². The molecule has 1 aromatic rings. The highest BCUT2D eigenvalue weighted by Gasteiger charge is 2.24. The first-order valence-electron chi connectivity index (χ1n) is 7.60. The van der Waals surface area contributed by atoms with Gasteiger partial charge in [-0.15, -0.1) is 0 Å². The van der Waals surface area contributed by atoms with Crippen molar-refractivity contribution >= 4 is 33.2 Å². The first kappa shape index (κ1) is 18.4. The van der Waals surface area contributed by atoms with Gasteiger partial charge in [-0.3, -0.25) is 9.59 Å². The molecule has 8 nitrogen and oxygen atoms in total. The van der Waals surface area contributed by atoms with Crippen LogP contribution in [0.2, 0.25) is 0 Å². The maximum atomic E-state index is 12.1. The van der Waals surface area contributed by atoms with Crippen molar-refractivity contribution < 1.29 is 22.7 Å². The minimum absolute atomic E-state index is 0.118. The second-order valence-corrected chi connectivity index (χ2v) is 7.47. The smallest absolute Gasteiger partial charge is 0.225 e. The summed E-state index contributed by atoms with van der Waals surface area (Å²) in [5.74, 6) is -0.790. The first-order chi connectivity index (χ1) is 11.4. The van der Waals surface area contributed by atoms with Crippen LogP contribution in [0.5, 0.6) is 0 Å². The number of carbonyl (C=O) groups is 2. The molecule has 9 heteroatoms. The Morgan fingerprint density at radius 2 is 1.62 bits per heavy atom. The van der Waals surface area contributed by atoms with E-state index in [0.717, 1.165) is 0 Å². The van der Waals surface area contributed by atoms with E-state index in [2.05, 4.69) is 10.6 Å². The van der Waals surface area contributed by atoms with Crippen molar-refractivity contribution in [1.82, 2.24) is 4.31 Å². The van der Waals surface area contributed by atoms with E-state index in [0.29, 0.717) is 37.7 Å². The maximum Gasteiger partial charge on any atom is 0.225 e. The Morgan fingerprint density at radius 3 is 2.17 bits per heavy atom. The van der Waals surface area contributed by atoms with Gasteiger partial charge in [0.1, 0.15) is 0 Å². The highest BCUT2D eigenvalue weighted by molar-refractivity contribution is 7.89. The first-order valence-corrected chi connectivity index (χ1v) is 9.21. The topological polar surface area (TPSA) is 105 Å². The fourth-order valence-corrected chi connectivity index (χ4v) is 3.65. The molecule has 2 rings (SSSR count). The van der Waals surface area contributed by atoms with E-state index in [1.807, 2.05) is 0 Å². The van der Waals surface area contributed by atoms with E-state index in [-0.39, 0.29) is 24.0 Å². The number of sulfonamides is 1. The van der Waals surface area contributed by atoms with Crippen LogP contribution >= 0.6 is 0 Å². The number of rotatable bonds is 6. The number of hydrogen-bond donors (Lipinski definition) is 2. The Hall–Kier alpha value is -1.97. The molecular weight excluding hydrogens is 334 g/mol. The number of anilines is 2. The Bertz CT molecular complexity index is 682. The second-order valence-electron chi connectivity index (χ2n) is 5.38. The molecule has 132 valence electrons. The second kappa shape index (κ2) is 8.22. The van der Waals surface area contributed by atoms with Gasteiger partial charge in [0.15, 0.2) is 0 Å². The van der Waals surface area contributed by atoms with Gasteiger partial charge in [0.25, 0.3) is 0 Å². The van der Waals surface area contributed by atoms with Gasteiger partial charge in [-0.25, -0.2) is 8.42 Å². The predicted octanol–water partition coefficient (Wildman–Crippen LogP) is 0.636. The summed E-state index contributed by atoms with van der Waals surface area (Å²) < 4.78 is 30.8. The third-order valence-corrected chi connectivity index (χ3v) is 5.31. The predicted molar refractivity (Wildman–Crippen MR) is 90.2 cm³/mol. The summed E-state index contributed by atoms with van der Waals surface area (Å²) in [6.45, 7) is 2.83. The Morgan fingerprint density at radius 1 is 1.08 bits per heavy atom. The van der Waals surface area contributed by atoms with Gasteiger partial charge in [-0.2, -0.15) is 4.31 Å². The number of nitrogens with one attached hydrogen (secondary N) is 2. The number of hydrogen-bond acceptors (Lipinski definition) is 5. The van der Waals surface area contributed by atoms with Gasteiger partial charge in [0.05, 0.1) is 19.0 Å². The molecule has 1 fully saturated rings. The average molecular weight is 355 g/mol. The molecule has 0 saturated carbocycles. The molecule has 1 aliphatic heterocycles. The van der Waals surface area contributed by atoms with Crippen molar-refractivity contribution in [3.05, 3.63) is 24.3 Å². The molecule has 1 heterocycles. The SMILES string of the molecule is CC(=O)Nc1ccc(NC(=O)CCS(=O)(=O)N2CCOCC2)cc1. The number of nitrogens with zero attached hydrogens (tertiary/aromatic N) is 1. The van der Waals surface area contributed by atoms with Crippen molar-refractivity contribution in [2.24, 2.45) is 0 Å². The zero-order valence-electron chi connectivity index (χ0n) is 13.4. The van der Waals surface area contributed by atoms with Crippen LogP contribution in [0.25, 0.3) is 0 Å². The standard InChI is InChI=1S/C15H21N3O5S/c1-12(19)16-13-2-4-14(5-3-13)17-15(20)6-11-24(21,22)18-7-9-23-10-8-18/h2-5H,6-11H2,1H3,(H,16,19)(H,17,20). The normalized spacial score (nSPS) is 15.7. The summed E-state index contributed by atoms with van der Waals surface area (Å²) in [5, 5.41) is 5.26. The van der Waals surface area contributed by atoms with Crippen LogP contribution in [0, 0.1) is 0 Å². The molecule has 2 amide bonds. The lowest BCUT2D eigenvalue weighted by atomic mass is 10.2. The van der Waals surface area contributed by atoms with Crippen molar-refractivity contribution in [1.29, 1.82) is 0 Å². The Balaban J connectivity index is 1.83. The molecule has 0 radical (unpaired) electrons. The van der Waals surface area contributed by atoms with E-state index < -0.39 is 10.0 Å². The fraction of sp³-hybridized carbons (Fsp3) is 0.467. The molecule has 24 heavy (non-hydrogen) atoms. The summed E-state index contributed by atoms with van der Waals surface area (Å²) >= 11 is 0. The minimum atomic E-state index is -3.45. The molecule has 0 aromatic heterocycles. The third kappa shape index (κ3) is 5.59. The number of morpholine rings is 1. The van der Waals surface area contributed by atoms with Crippen LogP contribution in [0.3, 0.4) is 0 Å². The van der Waals surface area contributed by atoms with Crippen LogP contribution in [-0.4, -0.2) is 56.6 Å². The van der Waals surface area contributed by atoms with Gasteiger partial charge < -0.3 is 15.4 Å². The molecule has 1 aliphatic rings. The summed E-state index contributed by atoms with van der Waals surface area (Å²) in [4.78, 5) is 22.9. The fourth-order valence-electron chi connectivity index (χ4n) is 2.24. The van der Waals surface area contributed by atoms with Crippen LogP contribution in [0.15, 0.2) is 24.3 Å². The maximum absolute atomic E-state index is 12.1. The molecule has 0 aliphatic carbocycles. The number of benzene rings is 1. The highest BCUT2D eigenvalue weighted by atomic mass is 32.2. The summed E-state index contributed by atoms with van der Waals surface area (Å²) in [5.41, 5.74) is 1.16. The summed E-state index contributed by atoms with van der Waals surface area (Å²) in [6.07, 6.45) is -0.118. The van der Waals surface area contributed by atoms with Crippen molar-refractivity contribution in [3.8, 4) is 0 Å². The lowest BCUT2D eigenvalue weighted by Crippen LogP contribution is -2.42. The Kier molecular flexibility index (Phi) is 6.29. The molecule has 0 unspecified atom stereocenters. The lowest BCUT2D eigenvalue weighted by molar-refractivity contribution is -0.116. The molecule has 0 spiro atoms. The van der Waals surface area contributed by atoms with Crippen LogP contribution in [0.4, 0.5) is 11.4 Å². The van der Waals surface area contributed by atoms with Gasteiger partial charge in [0, 0.05) is 37.8 Å². The molecule has 2 N–H and O–H groups in total. The largest absolute Gasteiger partial charge is 0.379 e. The van der Waals surface area contributed by atoms with Crippen LogP contribution in [0.1, 0.15) is 13.3 Å². The minimum Gasteiger partial charge on any atom is -0.379 e. The quantitative estimate of drug-likeness (QED) is 0.779. The average Bonchev–Trinajstić information content (AvgIpc) is 2.55. The van der Waals surface area contributed by atoms with Gasteiger partial charge in [0.2, 0.25) is 21.8 Å².